The van der Waals surface area contributed by atoms with Crippen LogP contribution < -0.4 is 9.97 Å². The van der Waals surface area contributed by atoms with Crippen LogP contribution in [0.25, 0.3) is 90.4 Å². The molecule has 0 spiro atoms. The van der Waals surface area contributed by atoms with Gasteiger partial charge < -0.3 is 9.97 Å². The van der Waals surface area contributed by atoms with E-state index in [0.29, 0.717) is 50.1 Å². The van der Waals surface area contributed by atoms with Crippen LogP contribution in [0.4, 0.5) is 13.2 Å². The largest absolute Gasteiger partial charge is 2.00 e. The zero-order chi connectivity index (χ0) is 35.2. The van der Waals surface area contributed by atoms with Crippen molar-refractivity contribution in [3.05, 3.63) is 168 Å². The van der Waals surface area contributed by atoms with E-state index in [2.05, 4.69) is 0 Å². The summed E-state index contributed by atoms with van der Waals surface area (Å²) in [4.78, 5) is 20.2. The summed E-state index contributed by atoms with van der Waals surface area (Å²) in [5.41, 5.74) is 7.97. The fourth-order valence-electron chi connectivity index (χ4n) is 6.98. The van der Waals surface area contributed by atoms with Crippen molar-refractivity contribution in [3.63, 3.8) is 0 Å². The zero-order valence-corrected chi connectivity index (χ0v) is 28.8. The second kappa shape index (κ2) is 13.7. The quantitative estimate of drug-likeness (QED) is 0.168. The summed E-state index contributed by atoms with van der Waals surface area (Å²) in [6.07, 6.45) is 0.383. The Morgan fingerprint density at radius 1 is 0.396 bits per heavy atom. The summed E-state index contributed by atoms with van der Waals surface area (Å²) in [6.45, 7) is 0. The van der Waals surface area contributed by atoms with E-state index >= 15 is 13.2 Å². The van der Waals surface area contributed by atoms with Crippen LogP contribution in [0.15, 0.2) is 146 Å². The minimum absolute atomic E-state index is 0. The molecule has 3 aromatic heterocycles. The molecule has 0 amide bonds. The predicted molar refractivity (Wildman–Crippen MR) is 204 cm³/mol. The number of hydrogen-bond donors (Lipinski definition) is 0. The van der Waals surface area contributed by atoms with Gasteiger partial charge in [-0.05, 0) is 62.7 Å². The van der Waals surface area contributed by atoms with Crippen LogP contribution in [-0.2, 0) is 17.1 Å². The first-order chi connectivity index (χ1) is 25.4. The Balaban J connectivity index is 0.00000400. The average Bonchev–Trinajstić information content (AvgIpc) is 4.00. The van der Waals surface area contributed by atoms with E-state index in [1.54, 1.807) is 30.3 Å². The molecule has 53 heavy (non-hydrogen) atoms. The summed E-state index contributed by atoms with van der Waals surface area (Å²) in [6, 6.07) is 45.4. The van der Waals surface area contributed by atoms with Crippen molar-refractivity contribution in [1.29, 1.82) is 0 Å². The Kier molecular flexibility index (Phi) is 8.78. The van der Waals surface area contributed by atoms with Crippen LogP contribution in [0.2, 0.25) is 0 Å². The molecule has 0 unspecified atom stereocenters. The topological polar surface area (TPSA) is 54.0 Å². The molecule has 0 aliphatic carbocycles. The number of nitrogens with zero attached hydrogens (tertiary/aromatic N) is 4. The maximum absolute atomic E-state index is 15.2. The van der Waals surface area contributed by atoms with Gasteiger partial charge in [0, 0.05) is 0 Å². The van der Waals surface area contributed by atoms with Crippen molar-refractivity contribution in [2.45, 2.75) is 6.18 Å². The smallest absolute Gasteiger partial charge is 0.657 e. The molecular weight excluding hydrogens is 717 g/mol. The number of hydrogen-bond acceptors (Lipinski definition) is 2. The Morgan fingerprint density at radius 3 is 1.11 bits per heavy atom. The molecule has 5 heterocycles. The molecule has 259 valence electrons. The van der Waals surface area contributed by atoms with Gasteiger partial charge in [0.2, 0.25) is 0 Å². The monoisotopic (exact) mass is 743 g/mol. The number of aromatic nitrogens is 4. The van der Waals surface area contributed by atoms with E-state index in [1.807, 2.05) is 127 Å². The van der Waals surface area contributed by atoms with Gasteiger partial charge in [0.05, 0.1) is 28.3 Å². The van der Waals surface area contributed by atoms with Gasteiger partial charge in [-0.2, -0.15) is 13.2 Å². The number of rotatable bonds is 4. The molecule has 4 aromatic carbocycles. The zero-order valence-electron chi connectivity index (χ0n) is 27.8. The number of fused-ring (bicyclic) bond motifs is 8. The van der Waals surface area contributed by atoms with Crippen LogP contribution in [0, 0.1) is 0 Å². The molecule has 2 aliphatic heterocycles. The summed E-state index contributed by atoms with van der Waals surface area (Å²) < 4.78 is 45.6. The molecule has 8 heteroatoms. The molecule has 9 rings (SSSR count). The van der Waals surface area contributed by atoms with Gasteiger partial charge in [-0.25, -0.2) is 9.97 Å². The van der Waals surface area contributed by atoms with E-state index in [1.165, 1.54) is 0 Å². The number of allylic oxidation sites excluding steroid dienone is 1. The number of halogens is 3. The van der Waals surface area contributed by atoms with Crippen molar-refractivity contribution in [2.75, 3.05) is 0 Å². The minimum Gasteiger partial charge on any atom is -0.657 e. The van der Waals surface area contributed by atoms with Crippen molar-refractivity contribution in [1.82, 2.24) is 19.9 Å². The summed E-state index contributed by atoms with van der Waals surface area (Å²) in [7, 11) is 0. The number of alkyl halides is 3. The van der Waals surface area contributed by atoms with Crippen LogP contribution >= 0.6 is 0 Å². The maximum atomic E-state index is 15.2. The van der Waals surface area contributed by atoms with Crippen LogP contribution in [0.1, 0.15) is 22.8 Å². The van der Waals surface area contributed by atoms with Gasteiger partial charge in [-0.15, -0.1) is 22.1 Å². The normalized spacial score (nSPS) is 12.3. The second-order valence-corrected chi connectivity index (χ2v) is 12.5. The third-order valence-corrected chi connectivity index (χ3v) is 9.27. The molecule has 2 aliphatic rings. The summed E-state index contributed by atoms with van der Waals surface area (Å²) >= 11 is 0. The first-order valence-corrected chi connectivity index (χ1v) is 16.8. The molecule has 4 nitrogen and oxygen atoms in total. The fraction of sp³-hybridized carbons (Fsp3) is 0.0222. The third kappa shape index (κ3) is 6.22. The van der Waals surface area contributed by atoms with E-state index < -0.39 is 11.7 Å². The predicted octanol–water partition coefficient (Wildman–Crippen LogP) is 11.5. The van der Waals surface area contributed by atoms with Crippen molar-refractivity contribution >= 4 is 45.9 Å². The minimum atomic E-state index is -4.71. The summed E-state index contributed by atoms with van der Waals surface area (Å²) in [5.74, 6) is 0. The molecule has 0 saturated carbocycles. The van der Waals surface area contributed by atoms with Crippen LogP contribution in [0.5, 0.6) is 0 Å². The van der Waals surface area contributed by atoms with Gasteiger partial charge in [-0.3, -0.25) is 0 Å². The maximum Gasteiger partial charge on any atom is 2.00 e. The van der Waals surface area contributed by atoms with Gasteiger partial charge in [0.1, 0.15) is 0 Å². The second-order valence-electron chi connectivity index (χ2n) is 12.5. The van der Waals surface area contributed by atoms with Crippen molar-refractivity contribution in [2.24, 2.45) is 0 Å². The third-order valence-electron chi connectivity index (χ3n) is 9.27. The molecular formula is C45H27CuF3N4. The van der Waals surface area contributed by atoms with E-state index in [-0.39, 0.29) is 34.0 Å². The molecule has 8 bridgehead atoms. The SMILES string of the molecule is FC(F)(F)C1=Cc2nc1c(-c1ccccc1)c1ccc([n-]1)c(-c1ccccc1)c1nc(c(-c3ccccc3)c3ccc([n-]3)c2-c2ccccc2)C=C1.[Cu+2]. The van der Waals surface area contributed by atoms with Crippen LogP contribution in [0.3, 0.4) is 0 Å². The van der Waals surface area contributed by atoms with E-state index in [9.17, 15) is 0 Å². The number of benzene rings is 4. The van der Waals surface area contributed by atoms with Crippen molar-refractivity contribution in [3.8, 4) is 44.5 Å². The van der Waals surface area contributed by atoms with Gasteiger partial charge in [-0.1, -0.05) is 146 Å². The Morgan fingerprint density at radius 2 is 0.736 bits per heavy atom. The van der Waals surface area contributed by atoms with Gasteiger partial charge in [0.15, 0.2) is 0 Å². The van der Waals surface area contributed by atoms with Gasteiger partial charge >= 0.3 is 23.2 Å². The first-order valence-electron chi connectivity index (χ1n) is 16.8. The Labute approximate surface area is 313 Å². The van der Waals surface area contributed by atoms with Crippen LogP contribution in [-0.4, -0.2) is 16.1 Å². The Hall–Kier alpha value is -6.21. The first kappa shape index (κ1) is 33.9. The molecule has 0 fully saturated rings. The molecule has 0 saturated heterocycles. The Bertz CT molecular complexity index is 2700. The van der Waals surface area contributed by atoms with Crippen molar-refractivity contribution < 1.29 is 30.2 Å². The molecule has 0 atom stereocenters. The average molecular weight is 744 g/mol. The van der Waals surface area contributed by atoms with Gasteiger partial charge in [0.25, 0.3) is 0 Å². The molecule has 7 aromatic rings. The molecule has 1 radical (unpaired) electrons. The molecule has 0 N–H and O–H groups in total. The van der Waals surface area contributed by atoms with E-state index in [4.69, 9.17) is 19.9 Å². The standard InChI is InChI=1S/C45H27F3N4.Cu/c46-45(47,48)32-27-39-42(30-17-9-3-10-18-30)37-24-23-35(50-37)40(28-13-5-1-6-14-28)33-21-22-34(49-33)41(29-15-7-2-8-16-29)36-25-26-38(51-36)43(44(32)52-39)31-19-11-4-12-20-31;/h1-27H;/q-2;+2. The fourth-order valence-corrected chi connectivity index (χ4v) is 6.98. The summed E-state index contributed by atoms with van der Waals surface area (Å²) in [5, 5.41) is 0. The van der Waals surface area contributed by atoms with E-state index in [0.717, 1.165) is 28.3 Å².